The Morgan fingerprint density at radius 1 is 1.60 bits per heavy atom. The molecule has 1 heterocycles. The maximum atomic E-state index is 11.4. The van der Waals surface area contributed by atoms with Crippen LogP contribution in [-0.2, 0) is 4.74 Å². The summed E-state index contributed by atoms with van der Waals surface area (Å²) in [7, 11) is 0. The van der Waals surface area contributed by atoms with Crippen LogP contribution < -0.4 is 5.32 Å². The van der Waals surface area contributed by atoms with Gasteiger partial charge in [0.15, 0.2) is 6.23 Å². The molecule has 10 heavy (non-hydrogen) atoms. The van der Waals surface area contributed by atoms with Gasteiger partial charge in [0.1, 0.15) is 0 Å². The lowest BCUT2D eigenvalue weighted by atomic mass is 10.6. The van der Waals surface area contributed by atoms with Crippen molar-refractivity contribution < 1.29 is 17.9 Å². The third-order valence-corrected chi connectivity index (χ3v) is 0.885. The molecular weight excluding hydrogens is 149 g/mol. The van der Waals surface area contributed by atoms with E-state index in [4.69, 9.17) is 0 Å². The summed E-state index contributed by atoms with van der Waals surface area (Å²) in [6.07, 6.45) is -4.62. The average molecular weight is 154 g/mol. The highest BCUT2D eigenvalue weighted by molar-refractivity contribution is 5.64. The lowest BCUT2D eigenvalue weighted by Crippen LogP contribution is -2.33. The molecule has 0 aliphatic carbocycles. The van der Waals surface area contributed by atoms with E-state index in [9.17, 15) is 13.2 Å². The Morgan fingerprint density at radius 2 is 2.30 bits per heavy atom. The Hall–Kier alpha value is -0.620. The second-order valence-corrected chi connectivity index (χ2v) is 1.68. The molecule has 0 fully saturated rings. The molecule has 0 spiro atoms. The van der Waals surface area contributed by atoms with E-state index < -0.39 is 12.6 Å². The van der Waals surface area contributed by atoms with Crippen LogP contribution in [-0.4, -0.2) is 25.5 Å². The zero-order valence-electron chi connectivity index (χ0n) is 4.85. The number of nitrogens with one attached hydrogen (secondary N) is 1. The van der Waals surface area contributed by atoms with Gasteiger partial charge in [-0.3, -0.25) is 15.0 Å². The fourth-order valence-corrected chi connectivity index (χ4v) is 0.560. The first-order chi connectivity index (χ1) is 4.58. The van der Waals surface area contributed by atoms with Gasteiger partial charge in [0.25, 0.3) is 0 Å². The zero-order valence-corrected chi connectivity index (χ0v) is 4.85. The smallest absolute Gasteiger partial charge is 0.278 e. The molecule has 1 N–H and O–H groups in total. The van der Waals surface area contributed by atoms with Crippen LogP contribution in [0.1, 0.15) is 0 Å². The standard InChI is InChI=1S/C4H5F3N2O/c5-4(6,7)10-3-1-8-2-9-3/h1,3,9H,2H2. The van der Waals surface area contributed by atoms with E-state index in [-0.39, 0.29) is 6.67 Å². The second-order valence-electron chi connectivity index (χ2n) is 1.68. The van der Waals surface area contributed by atoms with Crippen LogP contribution in [0.4, 0.5) is 13.2 Å². The highest BCUT2D eigenvalue weighted by Crippen LogP contribution is 2.17. The van der Waals surface area contributed by atoms with Gasteiger partial charge in [-0.05, 0) is 0 Å². The number of halogens is 3. The van der Waals surface area contributed by atoms with Crippen molar-refractivity contribution in [2.75, 3.05) is 6.67 Å². The third-order valence-electron chi connectivity index (χ3n) is 0.885. The van der Waals surface area contributed by atoms with Crippen molar-refractivity contribution in [2.45, 2.75) is 12.6 Å². The first kappa shape index (κ1) is 7.49. The summed E-state index contributed by atoms with van der Waals surface area (Å²) in [6.45, 7) is 0.181. The van der Waals surface area contributed by atoms with Crippen LogP contribution in [0.3, 0.4) is 0 Å². The normalized spacial score (nSPS) is 25.7. The molecule has 1 atom stereocenters. The average Bonchev–Trinajstić information content (AvgIpc) is 2.12. The van der Waals surface area contributed by atoms with Gasteiger partial charge in [0.05, 0.1) is 6.67 Å². The summed E-state index contributed by atoms with van der Waals surface area (Å²) < 4.78 is 37.7. The predicted octanol–water partition coefficient (Wildman–Crippen LogP) is 0.480. The highest BCUT2D eigenvalue weighted by atomic mass is 19.4. The van der Waals surface area contributed by atoms with E-state index in [1.165, 1.54) is 0 Å². The van der Waals surface area contributed by atoms with Crippen molar-refractivity contribution in [2.24, 2.45) is 4.99 Å². The fraction of sp³-hybridized carbons (Fsp3) is 0.750. The molecule has 0 aromatic heterocycles. The summed E-state index contributed by atoms with van der Waals surface area (Å²) in [4.78, 5) is 3.49. The van der Waals surface area contributed by atoms with Crippen LogP contribution in [0, 0.1) is 0 Å². The Morgan fingerprint density at radius 3 is 2.70 bits per heavy atom. The maximum absolute atomic E-state index is 11.4. The van der Waals surface area contributed by atoms with Gasteiger partial charge in [0, 0.05) is 6.21 Å². The van der Waals surface area contributed by atoms with E-state index in [0.29, 0.717) is 0 Å². The molecular formula is C4H5F3N2O. The molecule has 6 heteroatoms. The van der Waals surface area contributed by atoms with Crippen molar-refractivity contribution in [3.8, 4) is 0 Å². The van der Waals surface area contributed by atoms with Crippen molar-refractivity contribution in [1.82, 2.24) is 5.32 Å². The van der Waals surface area contributed by atoms with Gasteiger partial charge >= 0.3 is 6.36 Å². The van der Waals surface area contributed by atoms with Crippen LogP contribution in [0.2, 0.25) is 0 Å². The van der Waals surface area contributed by atoms with Crippen LogP contribution in [0.25, 0.3) is 0 Å². The minimum Gasteiger partial charge on any atom is -0.278 e. The van der Waals surface area contributed by atoms with Crippen molar-refractivity contribution in [1.29, 1.82) is 0 Å². The summed E-state index contributed by atoms with van der Waals surface area (Å²) in [5, 5.41) is 2.35. The molecule has 0 saturated carbocycles. The molecule has 0 bridgehead atoms. The molecule has 0 amide bonds. The van der Waals surface area contributed by atoms with Crippen molar-refractivity contribution >= 4 is 6.21 Å². The van der Waals surface area contributed by atoms with E-state index in [1.54, 1.807) is 0 Å². The van der Waals surface area contributed by atoms with E-state index in [1.807, 2.05) is 0 Å². The topological polar surface area (TPSA) is 33.6 Å². The summed E-state index contributed by atoms with van der Waals surface area (Å²) in [5.74, 6) is 0. The highest BCUT2D eigenvalue weighted by Gasteiger charge is 2.33. The first-order valence-corrected chi connectivity index (χ1v) is 2.56. The van der Waals surface area contributed by atoms with Gasteiger partial charge in [-0.25, -0.2) is 0 Å². The Bertz CT molecular complexity index is 144. The number of aliphatic imine (C=N–C) groups is 1. The Kier molecular flexibility index (Phi) is 1.91. The number of hydrogen-bond donors (Lipinski definition) is 1. The summed E-state index contributed by atoms with van der Waals surface area (Å²) in [5.41, 5.74) is 0. The minimum absolute atomic E-state index is 0.181. The summed E-state index contributed by atoms with van der Waals surface area (Å²) >= 11 is 0. The molecule has 1 unspecified atom stereocenters. The van der Waals surface area contributed by atoms with Gasteiger partial charge in [-0.1, -0.05) is 0 Å². The first-order valence-electron chi connectivity index (χ1n) is 2.56. The summed E-state index contributed by atoms with van der Waals surface area (Å²) in [6, 6.07) is 0. The maximum Gasteiger partial charge on any atom is 0.524 e. The number of ether oxygens (including phenoxy) is 1. The van der Waals surface area contributed by atoms with Gasteiger partial charge in [-0.2, -0.15) is 0 Å². The molecule has 0 radical (unpaired) electrons. The molecule has 0 aromatic carbocycles. The molecule has 1 aliphatic rings. The van der Waals surface area contributed by atoms with E-state index in [0.717, 1.165) is 6.21 Å². The minimum atomic E-state index is -4.59. The lowest BCUT2D eigenvalue weighted by molar-refractivity contribution is -0.335. The Balaban J connectivity index is 2.31. The second kappa shape index (κ2) is 2.55. The number of alkyl halides is 3. The van der Waals surface area contributed by atoms with E-state index >= 15 is 0 Å². The van der Waals surface area contributed by atoms with Gasteiger partial charge in [-0.15, -0.1) is 13.2 Å². The number of nitrogens with zero attached hydrogens (tertiary/aromatic N) is 1. The lowest BCUT2D eigenvalue weighted by Gasteiger charge is -2.11. The van der Waals surface area contributed by atoms with Crippen LogP contribution in [0.15, 0.2) is 4.99 Å². The largest absolute Gasteiger partial charge is 0.524 e. The van der Waals surface area contributed by atoms with Crippen LogP contribution in [0.5, 0.6) is 0 Å². The number of hydrogen-bond acceptors (Lipinski definition) is 3. The van der Waals surface area contributed by atoms with Gasteiger partial charge in [0.2, 0.25) is 0 Å². The molecule has 1 aliphatic heterocycles. The molecule has 0 saturated heterocycles. The third kappa shape index (κ3) is 2.32. The monoisotopic (exact) mass is 154 g/mol. The fourth-order valence-electron chi connectivity index (χ4n) is 0.560. The van der Waals surface area contributed by atoms with Crippen molar-refractivity contribution in [3.63, 3.8) is 0 Å². The van der Waals surface area contributed by atoms with Crippen LogP contribution >= 0.6 is 0 Å². The predicted molar refractivity (Wildman–Crippen MR) is 27.4 cm³/mol. The Labute approximate surface area is 54.9 Å². The quantitative estimate of drug-likeness (QED) is 0.596. The molecule has 3 nitrogen and oxygen atoms in total. The zero-order chi connectivity index (χ0) is 7.61. The molecule has 1 rings (SSSR count). The van der Waals surface area contributed by atoms with Gasteiger partial charge < -0.3 is 0 Å². The van der Waals surface area contributed by atoms with E-state index in [2.05, 4.69) is 15.0 Å². The SMILES string of the molecule is FC(F)(F)OC1C=NCN1. The van der Waals surface area contributed by atoms with Crippen molar-refractivity contribution in [3.05, 3.63) is 0 Å². The number of rotatable bonds is 1. The molecule has 0 aromatic rings. The molecule has 58 valence electrons.